The molecule has 1 nitrogen and oxygen atoms in total. The molecule has 0 aromatic heterocycles. The van der Waals surface area contributed by atoms with Crippen LogP contribution in [0.25, 0.3) is 16.7 Å². The molecule has 0 bridgehead atoms. The zero-order valence-corrected chi connectivity index (χ0v) is 16.6. The summed E-state index contributed by atoms with van der Waals surface area (Å²) in [5.74, 6) is 0. The number of rotatable bonds is 4. The van der Waals surface area contributed by atoms with Crippen LogP contribution in [0.1, 0.15) is 28.4 Å². The highest BCUT2D eigenvalue weighted by Gasteiger charge is 2.29. The third kappa shape index (κ3) is 3.46. The second kappa shape index (κ2) is 8.26. The van der Waals surface area contributed by atoms with Crippen molar-refractivity contribution in [1.82, 2.24) is 0 Å². The molecule has 1 unspecified atom stereocenters. The Labute approximate surface area is 177 Å². The van der Waals surface area contributed by atoms with Gasteiger partial charge in [0.15, 0.2) is 0 Å². The molecule has 0 spiro atoms. The van der Waals surface area contributed by atoms with Crippen molar-refractivity contribution in [3.63, 3.8) is 0 Å². The second-order valence-electron chi connectivity index (χ2n) is 7.35. The van der Waals surface area contributed by atoms with Crippen molar-refractivity contribution in [3.05, 3.63) is 150 Å². The van der Waals surface area contributed by atoms with Crippen molar-refractivity contribution >= 4 is 16.7 Å². The third-order valence-electron chi connectivity index (χ3n) is 5.46. The summed E-state index contributed by atoms with van der Waals surface area (Å²) in [6.45, 7) is 0. The van der Waals surface area contributed by atoms with Crippen LogP contribution in [0.15, 0.2) is 128 Å². The van der Waals surface area contributed by atoms with Crippen LogP contribution in [0.5, 0.6) is 0 Å². The van der Waals surface area contributed by atoms with E-state index in [1.807, 2.05) is 18.4 Å². The molecule has 0 fully saturated rings. The summed E-state index contributed by atoms with van der Waals surface area (Å²) >= 11 is 0. The first-order valence-electron chi connectivity index (χ1n) is 10.2. The Kier molecular flexibility index (Phi) is 5.01. The van der Waals surface area contributed by atoms with Crippen LogP contribution in [0.3, 0.4) is 0 Å². The number of hydrogen-bond acceptors (Lipinski definition) is 1. The fourth-order valence-electron chi connectivity index (χ4n) is 4.07. The summed E-state index contributed by atoms with van der Waals surface area (Å²) in [4.78, 5) is 0. The molecule has 1 heterocycles. The van der Waals surface area contributed by atoms with Crippen molar-refractivity contribution in [2.24, 2.45) is 0 Å². The molecule has 0 saturated carbocycles. The minimum Gasteiger partial charge on any atom is -0.488 e. The molecular formula is C29H22O. The van der Waals surface area contributed by atoms with E-state index in [4.69, 9.17) is 4.74 Å². The molecule has 0 aliphatic carbocycles. The molecule has 1 atom stereocenters. The summed E-state index contributed by atoms with van der Waals surface area (Å²) in [6, 6.07) is 42.1. The predicted octanol–water partition coefficient (Wildman–Crippen LogP) is 7.41. The smallest absolute Gasteiger partial charge is 0.149 e. The first-order valence-corrected chi connectivity index (χ1v) is 10.2. The van der Waals surface area contributed by atoms with Gasteiger partial charge in [-0.2, -0.15) is 0 Å². The molecular weight excluding hydrogens is 364 g/mol. The Balaban J connectivity index is 1.81. The quantitative estimate of drug-likeness (QED) is 0.355. The molecule has 0 amide bonds. The fourth-order valence-corrected chi connectivity index (χ4v) is 4.07. The monoisotopic (exact) mass is 386 g/mol. The molecule has 1 aliphatic heterocycles. The number of benzene rings is 4. The molecule has 0 saturated heterocycles. The highest BCUT2D eigenvalue weighted by Crippen LogP contribution is 2.48. The van der Waals surface area contributed by atoms with E-state index in [0.717, 1.165) is 16.7 Å². The van der Waals surface area contributed by atoms with Gasteiger partial charge in [0.1, 0.15) is 6.10 Å². The van der Waals surface area contributed by atoms with E-state index in [2.05, 4.69) is 109 Å². The van der Waals surface area contributed by atoms with Crippen molar-refractivity contribution in [2.45, 2.75) is 6.10 Å². The average Bonchev–Trinajstić information content (AvgIpc) is 2.85. The molecule has 0 N–H and O–H groups in total. The summed E-state index contributed by atoms with van der Waals surface area (Å²) in [7, 11) is 0. The van der Waals surface area contributed by atoms with Crippen LogP contribution in [0, 0.1) is 0 Å². The van der Waals surface area contributed by atoms with E-state index >= 15 is 0 Å². The Morgan fingerprint density at radius 3 is 1.50 bits per heavy atom. The Bertz CT molecular complexity index is 1170. The maximum absolute atomic E-state index is 6.43. The van der Waals surface area contributed by atoms with Gasteiger partial charge in [-0.1, -0.05) is 121 Å². The molecule has 1 heteroatoms. The van der Waals surface area contributed by atoms with Crippen molar-refractivity contribution < 1.29 is 4.74 Å². The van der Waals surface area contributed by atoms with Crippen molar-refractivity contribution in [3.8, 4) is 0 Å². The molecule has 30 heavy (non-hydrogen) atoms. The van der Waals surface area contributed by atoms with Gasteiger partial charge in [-0.05, 0) is 22.3 Å². The molecule has 144 valence electrons. The number of hydrogen-bond donors (Lipinski definition) is 0. The first-order chi connectivity index (χ1) is 14.9. The number of ether oxygens (including phenoxy) is 1. The summed E-state index contributed by atoms with van der Waals surface area (Å²) in [5.41, 5.74) is 8.17. The minimum atomic E-state index is -0.170. The topological polar surface area (TPSA) is 9.23 Å². The van der Waals surface area contributed by atoms with Crippen LogP contribution in [0.2, 0.25) is 0 Å². The highest BCUT2D eigenvalue weighted by molar-refractivity contribution is 6.16. The minimum absolute atomic E-state index is 0.170. The normalized spacial score (nSPS) is 16.0. The van der Waals surface area contributed by atoms with Crippen LogP contribution < -0.4 is 0 Å². The van der Waals surface area contributed by atoms with E-state index < -0.39 is 0 Å². The maximum Gasteiger partial charge on any atom is 0.149 e. The van der Waals surface area contributed by atoms with Gasteiger partial charge in [0, 0.05) is 16.7 Å². The van der Waals surface area contributed by atoms with Crippen molar-refractivity contribution in [1.29, 1.82) is 0 Å². The van der Waals surface area contributed by atoms with Crippen LogP contribution >= 0.6 is 0 Å². The van der Waals surface area contributed by atoms with Gasteiger partial charge in [0.25, 0.3) is 0 Å². The Morgan fingerprint density at radius 2 is 0.933 bits per heavy atom. The summed E-state index contributed by atoms with van der Waals surface area (Å²) in [6.07, 6.45) is 1.76. The maximum atomic E-state index is 6.43. The largest absolute Gasteiger partial charge is 0.488 e. The summed E-state index contributed by atoms with van der Waals surface area (Å²) < 4.78 is 6.43. The van der Waals surface area contributed by atoms with Gasteiger partial charge in [0.2, 0.25) is 0 Å². The standard InChI is InChI=1S/C29H22O/c1-5-13-22(14-6-1)26-21-30-29(25-19-11-4-12-20-25)28(24-17-9-3-10-18-24)27(26)23-15-7-2-8-16-23/h1-21,29H. The highest BCUT2D eigenvalue weighted by atomic mass is 16.5. The second-order valence-corrected chi connectivity index (χ2v) is 7.35. The predicted molar refractivity (Wildman–Crippen MR) is 124 cm³/mol. The van der Waals surface area contributed by atoms with Gasteiger partial charge >= 0.3 is 0 Å². The van der Waals surface area contributed by atoms with E-state index in [1.165, 1.54) is 22.3 Å². The SMILES string of the molecule is C1=C(c2ccccc2)C(c2ccccc2)=C(c2ccccc2)C(c2ccccc2)O1. The summed E-state index contributed by atoms with van der Waals surface area (Å²) in [5, 5.41) is 0. The molecule has 4 aromatic carbocycles. The lowest BCUT2D eigenvalue weighted by molar-refractivity contribution is 0.198. The Hall–Kier alpha value is -3.84. The van der Waals surface area contributed by atoms with Crippen molar-refractivity contribution in [2.75, 3.05) is 0 Å². The molecule has 5 rings (SSSR count). The number of allylic oxidation sites excluding steroid dienone is 2. The lowest BCUT2D eigenvalue weighted by Crippen LogP contribution is -2.12. The van der Waals surface area contributed by atoms with Crippen LogP contribution in [-0.4, -0.2) is 0 Å². The third-order valence-corrected chi connectivity index (χ3v) is 5.46. The molecule has 0 radical (unpaired) electrons. The molecule has 1 aliphatic rings. The van der Waals surface area contributed by atoms with Gasteiger partial charge in [-0.3, -0.25) is 0 Å². The van der Waals surface area contributed by atoms with Crippen LogP contribution in [-0.2, 0) is 4.74 Å². The van der Waals surface area contributed by atoms with E-state index in [0.29, 0.717) is 0 Å². The van der Waals surface area contributed by atoms with Gasteiger partial charge in [0.05, 0.1) is 6.26 Å². The average molecular weight is 386 g/mol. The van der Waals surface area contributed by atoms with Crippen LogP contribution in [0.4, 0.5) is 0 Å². The first kappa shape index (κ1) is 18.2. The lowest BCUT2D eigenvalue weighted by atomic mass is 9.81. The van der Waals surface area contributed by atoms with Gasteiger partial charge in [-0.15, -0.1) is 0 Å². The van der Waals surface area contributed by atoms with Gasteiger partial charge < -0.3 is 4.74 Å². The Morgan fingerprint density at radius 1 is 0.467 bits per heavy atom. The van der Waals surface area contributed by atoms with E-state index in [9.17, 15) is 0 Å². The van der Waals surface area contributed by atoms with E-state index in [-0.39, 0.29) is 6.10 Å². The van der Waals surface area contributed by atoms with Gasteiger partial charge in [-0.25, -0.2) is 0 Å². The zero-order chi connectivity index (χ0) is 20.2. The van der Waals surface area contributed by atoms with E-state index in [1.54, 1.807) is 0 Å². The zero-order valence-electron chi connectivity index (χ0n) is 16.6. The fraction of sp³-hybridized carbons (Fsp3) is 0.0345. The lowest BCUT2D eigenvalue weighted by Gasteiger charge is -2.30. The molecule has 4 aromatic rings.